The Morgan fingerprint density at radius 2 is 1.63 bits per heavy atom. The number of benzene rings is 3. The molecule has 0 atom stereocenters. The summed E-state index contributed by atoms with van der Waals surface area (Å²) in [5, 5.41) is 12.5. The number of para-hydroxylation sites is 1. The molecule has 0 radical (unpaired) electrons. The van der Waals surface area contributed by atoms with E-state index in [2.05, 4.69) is 5.32 Å². The molecule has 0 aliphatic carbocycles. The van der Waals surface area contributed by atoms with Crippen LogP contribution in [0.15, 0.2) is 84.4 Å². The molecule has 1 N–H and O–H groups in total. The molecule has 0 saturated carbocycles. The summed E-state index contributed by atoms with van der Waals surface area (Å²) in [6.07, 6.45) is 0. The van der Waals surface area contributed by atoms with Crippen molar-refractivity contribution in [2.75, 3.05) is 10.2 Å². The molecular weight excluding hydrogens is 374 g/mol. The van der Waals surface area contributed by atoms with Gasteiger partial charge in [-0.1, -0.05) is 66.2 Å². The van der Waals surface area contributed by atoms with Gasteiger partial charge in [-0.25, -0.2) is 0 Å². The topological polar surface area (TPSA) is 73.2 Å². The number of anilines is 2. The third-order valence-electron chi connectivity index (χ3n) is 5.01. The monoisotopic (exact) mass is 393 g/mol. The van der Waals surface area contributed by atoms with Crippen LogP contribution in [0, 0.1) is 18.3 Å². The minimum atomic E-state index is -0.596. The second-order valence-corrected chi connectivity index (χ2v) is 7.08. The number of aryl methyl sites for hydroxylation is 1. The molecule has 0 aromatic heterocycles. The van der Waals surface area contributed by atoms with Crippen LogP contribution in [-0.2, 0) is 16.1 Å². The van der Waals surface area contributed by atoms with Crippen LogP contribution in [0.1, 0.15) is 16.7 Å². The predicted octanol–water partition coefficient (Wildman–Crippen LogP) is 4.46. The third-order valence-corrected chi connectivity index (χ3v) is 5.01. The van der Waals surface area contributed by atoms with Gasteiger partial charge in [0.15, 0.2) is 0 Å². The highest BCUT2D eigenvalue weighted by atomic mass is 16.2. The van der Waals surface area contributed by atoms with Crippen molar-refractivity contribution in [3.63, 3.8) is 0 Å². The maximum Gasteiger partial charge on any atom is 0.267 e. The number of hydrogen-bond acceptors (Lipinski definition) is 3. The summed E-state index contributed by atoms with van der Waals surface area (Å²) < 4.78 is 0. The molecule has 0 saturated heterocycles. The number of nitrogens with zero attached hydrogens (tertiary/aromatic N) is 2. The van der Waals surface area contributed by atoms with Crippen LogP contribution in [0.25, 0.3) is 5.57 Å². The normalized spacial score (nSPS) is 14.1. The van der Waals surface area contributed by atoms with E-state index >= 15 is 0 Å². The lowest BCUT2D eigenvalue weighted by molar-refractivity contribution is -0.114. The highest BCUT2D eigenvalue weighted by Crippen LogP contribution is 2.39. The third kappa shape index (κ3) is 3.59. The number of carbonyl (C=O) groups is 2. The summed E-state index contributed by atoms with van der Waals surface area (Å²) in [7, 11) is 0. The van der Waals surface area contributed by atoms with E-state index in [1.807, 2.05) is 67.6 Å². The Morgan fingerprint density at radius 1 is 0.967 bits per heavy atom. The zero-order valence-electron chi connectivity index (χ0n) is 16.4. The van der Waals surface area contributed by atoms with Crippen molar-refractivity contribution in [1.29, 1.82) is 5.26 Å². The van der Waals surface area contributed by atoms with Crippen molar-refractivity contribution < 1.29 is 9.59 Å². The van der Waals surface area contributed by atoms with Crippen LogP contribution >= 0.6 is 0 Å². The fourth-order valence-corrected chi connectivity index (χ4v) is 3.50. The molecule has 0 spiro atoms. The molecule has 2 amide bonds. The van der Waals surface area contributed by atoms with Gasteiger partial charge in [0.05, 0.1) is 17.8 Å². The second kappa shape index (κ2) is 8.06. The molecule has 3 aromatic carbocycles. The quantitative estimate of drug-likeness (QED) is 0.525. The summed E-state index contributed by atoms with van der Waals surface area (Å²) in [5.74, 6) is -0.947. The molecule has 0 fully saturated rings. The first-order chi connectivity index (χ1) is 14.6. The van der Waals surface area contributed by atoms with Gasteiger partial charge in [-0.05, 0) is 30.7 Å². The fraction of sp³-hybridized carbons (Fsp3) is 0.0800. The Balaban J connectivity index is 1.73. The molecule has 1 aliphatic heterocycles. The van der Waals surface area contributed by atoms with E-state index in [0.717, 1.165) is 11.1 Å². The van der Waals surface area contributed by atoms with Crippen molar-refractivity contribution in [1.82, 2.24) is 0 Å². The van der Waals surface area contributed by atoms with Crippen LogP contribution in [0.5, 0.6) is 0 Å². The zero-order chi connectivity index (χ0) is 21.1. The summed E-state index contributed by atoms with van der Waals surface area (Å²) in [6, 6.07) is 26.1. The Morgan fingerprint density at radius 3 is 2.33 bits per heavy atom. The molecule has 1 heterocycles. The van der Waals surface area contributed by atoms with Crippen LogP contribution in [0.4, 0.5) is 11.4 Å². The molecule has 3 aromatic rings. The molecule has 4 rings (SSSR count). The SMILES string of the molecule is Cc1ccc(NC(=O)/C(C#N)=C2\C(=O)N(Cc3ccccc3)c3ccccc32)cc1. The number of nitriles is 1. The molecule has 5 heteroatoms. The van der Waals surface area contributed by atoms with Crippen molar-refractivity contribution in [3.8, 4) is 6.07 Å². The first-order valence-electron chi connectivity index (χ1n) is 9.56. The fourth-order valence-electron chi connectivity index (χ4n) is 3.50. The van der Waals surface area contributed by atoms with Gasteiger partial charge in [0.1, 0.15) is 11.6 Å². The van der Waals surface area contributed by atoms with E-state index < -0.39 is 5.91 Å². The second-order valence-electron chi connectivity index (χ2n) is 7.08. The predicted molar refractivity (Wildman–Crippen MR) is 116 cm³/mol. The minimum absolute atomic E-state index is 0.133. The summed E-state index contributed by atoms with van der Waals surface area (Å²) in [5.41, 5.74) is 3.81. The van der Waals surface area contributed by atoms with Crippen molar-refractivity contribution in [2.24, 2.45) is 0 Å². The smallest absolute Gasteiger partial charge is 0.267 e. The number of amides is 2. The molecular formula is C25H19N3O2. The number of nitrogens with one attached hydrogen (secondary N) is 1. The van der Waals surface area contributed by atoms with Gasteiger partial charge in [0.2, 0.25) is 0 Å². The molecule has 0 unspecified atom stereocenters. The lowest BCUT2D eigenvalue weighted by atomic mass is 10.0. The van der Waals surface area contributed by atoms with Gasteiger partial charge in [0, 0.05) is 11.3 Å². The lowest BCUT2D eigenvalue weighted by Crippen LogP contribution is -2.27. The van der Waals surface area contributed by atoms with Crippen LogP contribution in [-0.4, -0.2) is 11.8 Å². The van der Waals surface area contributed by atoms with Crippen LogP contribution in [0.3, 0.4) is 0 Å². The molecule has 5 nitrogen and oxygen atoms in total. The average Bonchev–Trinajstić information content (AvgIpc) is 3.03. The highest BCUT2D eigenvalue weighted by molar-refractivity contribution is 6.37. The van der Waals surface area contributed by atoms with Gasteiger partial charge in [-0.2, -0.15) is 5.26 Å². The van der Waals surface area contributed by atoms with E-state index in [-0.39, 0.29) is 17.1 Å². The largest absolute Gasteiger partial charge is 0.321 e. The highest BCUT2D eigenvalue weighted by Gasteiger charge is 2.36. The maximum absolute atomic E-state index is 13.3. The van der Waals surface area contributed by atoms with E-state index in [1.54, 1.807) is 29.2 Å². The summed E-state index contributed by atoms with van der Waals surface area (Å²) in [4.78, 5) is 27.8. The van der Waals surface area contributed by atoms with Gasteiger partial charge in [-0.3, -0.25) is 9.59 Å². The lowest BCUT2D eigenvalue weighted by Gasteiger charge is -2.17. The molecule has 30 heavy (non-hydrogen) atoms. The first-order valence-corrected chi connectivity index (χ1v) is 9.56. The minimum Gasteiger partial charge on any atom is -0.321 e. The van der Waals surface area contributed by atoms with Crippen molar-refractivity contribution in [3.05, 3.63) is 101 Å². The van der Waals surface area contributed by atoms with Gasteiger partial charge >= 0.3 is 0 Å². The molecule has 0 bridgehead atoms. The summed E-state index contributed by atoms with van der Waals surface area (Å²) in [6.45, 7) is 2.31. The zero-order valence-corrected chi connectivity index (χ0v) is 16.4. The Kier molecular flexibility index (Phi) is 5.15. The van der Waals surface area contributed by atoms with Crippen molar-refractivity contribution >= 4 is 28.8 Å². The average molecular weight is 393 g/mol. The van der Waals surface area contributed by atoms with Crippen molar-refractivity contribution in [2.45, 2.75) is 13.5 Å². The molecule has 1 aliphatic rings. The number of carbonyl (C=O) groups excluding carboxylic acids is 2. The molecule has 146 valence electrons. The van der Waals surface area contributed by atoms with Gasteiger partial charge < -0.3 is 10.2 Å². The van der Waals surface area contributed by atoms with Crippen LogP contribution < -0.4 is 10.2 Å². The number of fused-ring (bicyclic) bond motifs is 1. The van der Waals surface area contributed by atoms with E-state index in [0.29, 0.717) is 23.5 Å². The Hall–Kier alpha value is -4.17. The van der Waals surface area contributed by atoms with E-state index in [4.69, 9.17) is 0 Å². The first kappa shape index (κ1) is 19.2. The number of hydrogen-bond donors (Lipinski definition) is 1. The van der Waals surface area contributed by atoms with E-state index in [1.165, 1.54) is 0 Å². The van der Waals surface area contributed by atoms with Crippen LogP contribution in [0.2, 0.25) is 0 Å². The number of rotatable bonds is 4. The standard InChI is InChI=1S/C25H19N3O2/c1-17-11-13-19(14-12-17)27-24(29)21(15-26)23-20-9-5-6-10-22(20)28(25(23)30)16-18-7-3-2-4-8-18/h2-14H,16H2,1H3,(H,27,29)/b23-21-. The Labute approximate surface area is 174 Å². The van der Waals surface area contributed by atoms with E-state index in [9.17, 15) is 14.9 Å². The van der Waals surface area contributed by atoms with Gasteiger partial charge in [0.25, 0.3) is 11.8 Å². The Bertz CT molecular complexity index is 1190. The van der Waals surface area contributed by atoms with Gasteiger partial charge in [-0.15, -0.1) is 0 Å². The maximum atomic E-state index is 13.3. The summed E-state index contributed by atoms with van der Waals surface area (Å²) >= 11 is 0.